The number of hydrogen-bond acceptors (Lipinski definition) is 2. The molecule has 0 fully saturated rings. The number of benzene rings is 1. The Morgan fingerprint density at radius 1 is 1.31 bits per heavy atom. The summed E-state index contributed by atoms with van der Waals surface area (Å²) in [6, 6.07) is 9.84. The molecule has 4 heteroatoms. The summed E-state index contributed by atoms with van der Waals surface area (Å²) in [5, 5.41) is 2.61. The highest BCUT2D eigenvalue weighted by molar-refractivity contribution is 14.1. The molecule has 1 atom stereocenters. The maximum atomic E-state index is 11.6. The van der Waals surface area contributed by atoms with E-state index >= 15 is 0 Å². The van der Waals surface area contributed by atoms with Crippen LogP contribution in [0.2, 0.25) is 0 Å². The molecule has 0 aliphatic heterocycles. The predicted molar refractivity (Wildman–Crippen MR) is 71.3 cm³/mol. The van der Waals surface area contributed by atoms with Gasteiger partial charge < -0.3 is 5.32 Å². The molecule has 0 saturated heterocycles. The van der Waals surface area contributed by atoms with Gasteiger partial charge in [-0.05, 0) is 12.0 Å². The van der Waals surface area contributed by atoms with Crippen LogP contribution < -0.4 is 5.32 Å². The van der Waals surface area contributed by atoms with Crippen LogP contribution in [0.25, 0.3) is 0 Å². The Bertz CT molecular complexity index is 365. The van der Waals surface area contributed by atoms with E-state index in [1.807, 2.05) is 37.3 Å². The Hall–Kier alpha value is -0.910. The van der Waals surface area contributed by atoms with Crippen molar-refractivity contribution >= 4 is 32.3 Å². The maximum Gasteiger partial charge on any atom is 0.223 e. The van der Waals surface area contributed by atoms with E-state index in [1.54, 1.807) is 22.6 Å². The predicted octanol–water partition coefficient (Wildman–Crippen LogP) is 1.94. The van der Waals surface area contributed by atoms with Crippen molar-refractivity contribution in [3.8, 4) is 0 Å². The van der Waals surface area contributed by atoms with Crippen molar-refractivity contribution in [3.63, 3.8) is 0 Å². The van der Waals surface area contributed by atoms with E-state index in [9.17, 15) is 9.59 Å². The van der Waals surface area contributed by atoms with E-state index in [4.69, 9.17) is 0 Å². The molecule has 0 radical (unpaired) electrons. The summed E-state index contributed by atoms with van der Waals surface area (Å²) in [6.07, 6.45) is 0.697. The van der Waals surface area contributed by atoms with Crippen molar-refractivity contribution in [3.05, 3.63) is 35.9 Å². The first-order valence-corrected chi connectivity index (χ1v) is 6.17. The largest absolute Gasteiger partial charge is 0.348 e. The van der Waals surface area contributed by atoms with Crippen LogP contribution in [-0.4, -0.2) is 16.2 Å². The second-order valence-electron chi connectivity index (χ2n) is 3.66. The zero-order valence-corrected chi connectivity index (χ0v) is 11.2. The Morgan fingerprint density at radius 2 is 1.94 bits per heavy atom. The number of halogens is 1. The third kappa shape index (κ3) is 4.74. The molecule has 86 valence electrons. The molecular formula is C12H14INO2. The number of amides is 1. The van der Waals surface area contributed by atoms with Gasteiger partial charge in [0.25, 0.3) is 0 Å². The van der Waals surface area contributed by atoms with E-state index in [1.165, 1.54) is 0 Å². The third-order valence-corrected chi connectivity index (χ3v) is 2.62. The van der Waals surface area contributed by atoms with Gasteiger partial charge >= 0.3 is 0 Å². The summed E-state index contributed by atoms with van der Waals surface area (Å²) in [7, 11) is 0. The standard InChI is InChI=1S/C12H14INO2/c1-9(12(16)14-8-11(13)15)7-10-5-3-2-4-6-10/h2-6,9H,7-8H2,1H3,(H,14,16)/t9-/m0/s1. The van der Waals surface area contributed by atoms with Gasteiger partial charge in [0, 0.05) is 28.5 Å². The van der Waals surface area contributed by atoms with Gasteiger partial charge in [-0.1, -0.05) is 37.3 Å². The molecule has 0 aliphatic carbocycles. The van der Waals surface area contributed by atoms with E-state index < -0.39 is 0 Å². The molecule has 0 unspecified atom stereocenters. The normalized spacial score (nSPS) is 11.9. The van der Waals surface area contributed by atoms with Crippen molar-refractivity contribution in [2.75, 3.05) is 6.54 Å². The molecule has 1 amide bonds. The van der Waals surface area contributed by atoms with Crippen molar-refractivity contribution in [2.45, 2.75) is 13.3 Å². The smallest absolute Gasteiger partial charge is 0.223 e. The Morgan fingerprint density at radius 3 is 2.50 bits per heavy atom. The summed E-state index contributed by atoms with van der Waals surface area (Å²) in [6.45, 7) is 1.97. The van der Waals surface area contributed by atoms with Crippen LogP contribution >= 0.6 is 22.6 Å². The highest BCUT2D eigenvalue weighted by Gasteiger charge is 2.13. The fraction of sp³-hybridized carbons (Fsp3) is 0.333. The zero-order chi connectivity index (χ0) is 12.0. The lowest BCUT2D eigenvalue weighted by Gasteiger charge is -2.10. The van der Waals surface area contributed by atoms with Crippen LogP contribution in [0, 0.1) is 5.92 Å². The quantitative estimate of drug-likeness (QED) is 0.662. The molecule has 0 aliphatic rings. The monoisotopic (exact) mass is 331 g/mol. The topological polar surface area (TPSA) is 46.2 Å². The summed E-state index contributed by atoms with van der Waals surface area (Å²) < 4.78 is -0.0575. The van der Waals surface area contributed by atoms with Gasteiger partial charge in [0.15, 0.2) is 0 Å². The van der Waals surface area contributed by atoms with Crippen molar-refractivity contribution in [1.29, 1.82) is 0 Å². The first-order valence-electron chi connectivity index (χ1n) is 5.09. The van der Waals surface area contributed by atoms with Crippen LogP contribution in [0.3, 0.4) is 0 Å². The summed E-state index contributed by atoms with van der Waals surface area (Å²) in [5.41, 5.74) is 1.13. The number of nitrogens with one attached hydrogen (secondary N) is 1. The minimum atomic E-state index is -0.113. The van der Waals surface area contributed by atoms with Gasteiger partial charge in [-0.3, -0.25) is 9.59 Å². The average molecular weight is 331 g/mol. The molecule has 0 heterocycles. The SMILES string of the molecule is C[C@@H](Cc1ccccc1)C(=O)NCC(=O)I. The van der Waals surface area contributed by atoms with Crippen LogP contribution in [0.4, 0.5) is 0 Å². The molecule has 1 aromatic rings. The first kappa shape index (κ1) is 13.2. The molecule has 3 nitrogen and oxygen atoms in total. The van der Waals surface area contributed by atoms with E-state index in [-0.39, 0.29) is 22.2 Å². The highest BCUT2D eigenvalue weighted by Crippen LogP contribution is 2.08. The van der Waals surface area contributed by atoms with E-state index in [2.05, 4.69) is 5.32 Å². The zero-order valence-electron chi connectivity index (χ0n) is 9.07. The van der Waals surface area contributed by atoms with Crippen LogP contribution in [0.1, 0.15) is 12.5 Å². The summed E-state index contributed by atoms with van der Waals surface area (Å²) in [5.74, 6) is -0.188. The fourth-order valence-corrected chi connectivity index (χ4v) is 1.58. The first-order chi connectivity index (χ1) is 7.59. The van der Waals surface area contributed by atoms with Crippen molar-refractivity contribution < 1.29 is 9.59 Å². The molecule has 1 rings (SSSR count). The molecule has 1 aromatic carbocycles. The summed E-state index contributed by atoms with van der Waals surface area (Å²) >= 11 is 1.67. The second kappa shape index (κ2) is 6.62. The average Bonchev–Trinajstić information content (AvgIpc) is 2.27. The Labute approximate surface area is 109 Å². The van der Waals surface area contributed by atoms with Gasteiger partial charge in [0.2, 0.25) is 9.70 Å². The third-order valence-electron chi connectivity index (χ3n) is 2.23. The van der Waals surface area contributed by atoms with Crippen molar-refractivity contribution in [1.82, 2.24) is 5.32 Å². The number of hydrogen-bond donors (Lipinski definition) is 1. The molecule has 1 N–H and O–H groups in total. The number of carbonyl (C=O) groups excluding carboxylic acids is 2. The summed E-state index contributed by atoms with van der Waals surface area (Å²) in [4.78, 5) is 22.3. The second-order valence-corrected chi connectivity index (χ2v) is 4.87. The molecule has 0 saturated carbocycles. The van der Waals surface area contributed by atoms with Crippen LogP contribution in [0.15, 0.2) is 30.3 Å². The van der Waals surface area contributed by atoms with Gasteiger partial charge in [0.05, 0.1) is 6.54 Å². The molecule has 0 aromatic heterocycles. The molecule has 0 bridgehead atoms. The van der Waals surface area contributed by atoms with E-state index in [0.29, 0.717) is 6.42 Å². The van der Waals surface area contributed by atoms with Crippen LogP contribution in [0.5, 0.6) is 0 Å². The van der Waals surface area contributed by atoms with Gasteiger partial charge in [0.1, 0.15) is 0 Å². The lowest BCUT2D eigenvalue weighted by Crippen LogP contribution is -2.33. The Kier molecular flexibility index (Phi) is 5.45. The number of carbonyl (C=O) groups is 2. The fourth-order valence-electron chi connectivity index (χ4n) is 1.39. The lowest BCUT2D eigenvalue weighted by atomic mass is 10.0. The van der Waals surface area contributed by atoms with Crippen LogP contribution in [-0.2, 0) is 16.0 Å². The Balaban J connectivity index is 2.43. The van der Waals surface area contributed by atoms with Gasteiger partial charge in [-0.15, -0.1) is 0 Å². The lowest BCUT2D eigenvalue weighted by molar-refractivity contribution is -0.125. The maximum absolute atomic E-state index is 11.6. The molecular weight excluding hydrogens is 317 g/mol. The minimum absolute atomic E-state index is 0.0575. The van der Waals surface area contributed by atoms with Crippen molar-refractivity contribution in [2.24, 2.45) is 5.92 Å². The number of rotatable bonds is 5. The van der Waals surface area contributed by atoms with Gasteiger partial charge in [-0.2, -0.15) is 0 Å². The van der Waals surface area contributed by atoms with Gasteiger partial charge in [-0.25, -0.2) is 0 Å². The molecule has 0 spiro atoms. The highest BCUT2D eigenvalue weighted by atomic mass is 127. The minimum Gasteiger partial charge on any atom is -0.348 e. The van der Waals surface area contributed by atoms with E-state index in [0.717, 1.165) is 5.56 Å². The molecule has 16 heavy (non-hydrogen) atoms.